The Bertz CT molecular complexity index is 951. The number of aryl methyl sites for hydroxylation is 2. The van der Waals surface area contributed by atoms with E-state index in [0.717, 1.165) is 31.2 Å². The van der Waals surface area contributed by atoms with Crippen LogP contribution in [-0.2, 0) is 6.54 Å². The van der Waals surface area contributed by atoms with Gasteiger partial charge in [0.25, 0.3) is 5.91 Å². The van der Waals surface area contributed by atoms with E-state index in [-0.39, 0.29) is 29.9 Å². The zero-order valence-electron chi connectivity index (χ0n) is 16.6. The van der Waals surface area contributed by atoms with E-state index in [1.54, 1.807) is 12.6 Å². The van der Waals surface area contributed by atoms with Crippen molar-refractivity contribution in [3.8, 4) is 0 Å². The fourth-order valence-electron chi connectivity index (χ4n) is 2.97. The predicted octanol–water partition coefficient (Wildman–Crippen LogP) is 3.01. The van der Waals surface area contributed by atoms with E-state index in [4.69, 9.17) is 0 Å². The van der Waals surface area contributed by atoms with Crippen molar-refractivity contribution in [1.82, 2.24) is 25.5 Å². The summed E-state index contributed by atoms with van der Waals surface area (Å²) in [5.41, 5.74) is 3.71. The number of halogens is 1. The lowest BCUT2D eigenvalue weighted by molar-refractivity contribution is 0.0957. The Balaban J connectivity index is 0.00000300. The minimum absolute atomic E-state index is 0. The van der Waals surface area contributed by atoms with Crippen LogP contribution in [-0.4, -0.2) is 48.1 Å². The van der Waals surface area contributed by atoms with Crippen molar-refractivity contribution in [3.05, 3.63) is 52.6 Å². The van der Waals surface area contributed by atoms with E-state index in [9.17, 15) is 4.79 Å². The minimum atomic E-state index is -0.0799. The second-order valence-electron chi connectivity index (χ2n) is 6.37. The molecule has 0 aliphatic rings. The fraction of sp³-hybridized carbons (Fsp3) is 0.350. The van der Waals surface area contributed by atoms with Crippen molar-refractivity contribution in [3.63, 3.8) is 0 Å². The van der Waals surface area contributed by atoms with Gasteiger partial charge in [0.15, 0.2) is 5.96 Å². The molecule has 7 nitrogen and oxygen atoms in total. The van der Waals surface area contributed by atoms with Gasteiger partial charge in [-0.15, -0.1) is 35.3 Å². The van der Waals surface area contributed by atoms with Gasteiger partial charge in [0.05, 0.1) is 11.2 Å². The van der Waals surface area contributed by atoms with Gasteiger partial charge in [-0.2, -0.15) is 0 Å². The van der Waals surface area contributed by atoms with E-state index in [2.05, 4.69) is 67.0 Å². The molecule has 1 amide bonds. The zero-order chi connectivity index (χ0) is 19.8. The predicted molar refractivity (Wildman–Crippen MR) is 131 cm³/mol. The SMILES string of the molecule is CN=C(NCCCn1ccc2ccccc21)NCCNC(=O)c1scnc1C.I. The number of guanidine groups is 1. The van der Waals surface area contributed by atoms with Crippen LogP contribution in [0, 0.1) is 6.92 Å². The highest BCUT2D eigenvalue weighted by Gasteiger charge is 2.10. The Labute approximate surface area is 192 Å². The third-order valence-electron chi connectivity index (χ3n) is 4.43. The summed E-state index contributed by atoms with van der Waals surface area (Å²) in [7, 11) is 1.74. The molecule has 0 saturated heterocycles. The van der Waals surface area contributed by atoms with Crippen LogP contribution in [0.25, 0.3) is 10.9 Å². The molecule has 3 aromatic rings. The maximum absolute atomic E-state index is 12.0. The average Bonchev–Trinajstić information content (AvgIpc) is 3.32. The molecule has 0 spiro atoms. The number of amides is 1. The lowest BCUT2D eigenvalue weighted by Crippen LogP contribution is -2.41. The molecule has 0 radical (unpaired) electrons. The van der Waals surface area contributed by atoms with Crippen molar-refractivity contribution >= 4 is 58.1 Å². The highest BCUT2D eigenvalue weighted by atomic mass is 127. The first-order valence-electron chi connectivity index (χ1n) is 9.35. The molecular formula is C20H27IN6OS. The number of carbonyl (C=O) groups is 1. The Hall–Kier alpha value is -2.14. The summed E-state index contributed by atoms with van der Waals surface area (Å²) in [6.45, 7) is 4.73. The number of para-hydroxylation sites is 1. The summed E-state index contributed by atoms with van der Waals surface area (Å²) in [5, 5.41) is 10.7. The monoisotopic (exact) mass is 526 g/mol. The van der Waals surface area contributed by atoms with E-state index in [0.29, 0.717) is 18.0 Å². The van der Waals surface area contributed by atoms with Gasteiger partial charge in [-0.1, -0.05) is 18.2 Å². The number of fused-ring (bicyclic) bond motifs is 1. The second-order valence-corrected chi connectivity index (χ2v) is 7.22. The van der Waals surface area contributed by atoms with Crippen molar-refractivity contribution in [2.75, 3.05) is 26.7 Å². The molecule has 0 aliphatic carbocycles. The van der Waals surface area contributed by atoms with Gasteiger partial charge >= 0.3 is 0 Å². The number of nitrogens with one attached hydrogen (secondary N) is 3. The van der Waals surface area contributed by atoms with Crippen LogP contribution in [0.1, 0.15) is 21.8 Å². The summed E-state index contributed by atoms with van der Waals surface area (Å²) in [6, 6.07) is 10.5. The number of benzene rings is 1. The summed E-state index contributed by atoms with van der Waals surface area (Å²) < 4.78 is 2.27. The number of aromatic nitrogens is 2. The highest BCUT2D eigenvalue weighted by molar-refractivity contribution is 14.0. The van der Waals surface area contributed by atoms with Crippen LogP contribution >= 0.6 is 35.3 Å². The molecule has 0 unspecified atom stereocenters. The molecule has 0 bridgehead atoms. The quantitative estimate of drug-likeness (QED) is 0.183. The normalized spacial score (nSPS) is 11.2. The van der Waals surface area contributed by atoms with Gasteiger partial charge in [-0.25, -0.2) is 4.98 Å². The number of hydrogen-bond acceptors (Lipinski definition) is 4. The molecule has 2 heterocycles. The number of rotatable bonds is 8. The average molecular weight is 526 g/mol. The van der Waals surface area contributed by atoms with Crippen molar-refractivity contribution in [2.45, 2.75) is 19.9 Å². The maximum atomic E-state index is 12.0. The van der Waals surface area contributed by atoms with Gasteiger partial charge in [0.1, 0.15) is 4.88 Å². The largest absolute Gasteiger partial charge is 0.356 e. The zero-order valence-corrected chi connectivity index (χ0v) is 19.8. The summed E-state index contributed by atoms with van der Waals surface area (Å²) in [5.74, 6) is 0.657. The molecular weight excluding hydrogens is 499 g/mol. The molecule has 1 aromatic carbocycles. The third kappa shape index (κ3) is 6.43. The van der Waals surface area contributed by atoms with Crippen molar-refractivity contribution < 1.29 is 4.79 Å². The van der Waals surface area contributed by atoms with Crippen molar-refractivity contribution in [1.29, 1.82) is 0 Å². The van der Waals surface area contributed by atoms with Gasteiger partial charge in [0, 0.05) is 44.9 Å². The van der Waals surface area contributed by atoms with Crippen LogP contribution in [0.15, 0.2) is 47.0 Å². The van der Waals surface area contributed by atoms with Crippen LogP contribution in [0.5, 0.6) is 0 Å². The molecule has 0 atom stereocenters. The van der Waals surface area contributed by atoms with Crippen LogP contribution in [0.2, 0.25) is 0 Å². The summed E-state index contributed by atoms with van der Waals surface area (Å²) in [4.78, 5) is 21.0. The molecule has 3 N–H and O–H groups in total. The van der Waals surface area contributed by atoms with Crippen LogP contribution < -0.4 is 16.0 Å². The molecule has 0 saturated carbocycles. The Morgan fingerprint density at radius 3 is 2.66 bits per heavy atom. The Kier molecular flexibility index (Phi) is 9.39. The smallest absolute Gasteiger partial charge is 0.263 e. The van der Waals surface area contributed by atoms with Gasteiger partial charge in [0.2, 0.25) is 0 Å². The van der Waals surface area contributed by atoms with E-state index >= 15 is 0 Å². The highest BCUT2D eigenvalue weighted by Crippen LogP contribution is 2.15. The molecule has 0 aliphatic heterocycles. The number of carbonyl (C=O) groups excluding carboxylic acids is 1. The molecule has 3 rings (SSSR count). The first kappa shape index (κ1) is 23.1. The van der Waals surface area contributed by atoms with E-state index in [1.807, 2.05) is 6.92 Å². The number of nitrogens with zero attached hydrogens (tertiary/aromatic N) is 3. The van der Waals surface area contributed by atoms with E-state index in [1.165, 1.54) is 22.2 Å². The first-order valence-corrected chi connectivity index (χ1v) is 10.2. The number of hydrogen-bond donors (Lipinski definition) is 3. The fourth-order valence-corrected chi connectivity index (χ4v) is 3.69. The lowest BCUT2D eigenvalue weighted by Gasteiger charge is -2.12. The maximum Gasteiger partial charge on any atom is 0.263 e. The Morgan fingerprint density at radius 2 is 1.90 bits per heavy atom. The van der Waals surface area contributed by atoms with Gasteiger partial charge in [-0.05, 0) is 30.9 Å². The van der Waals surface area contributed by atoms with Crippen LogP contribution in [0.3, 0.4) is 0 Å². The lowest BCUT2D eigenvalue weighted by atomic mass is 10.2. The molecule has 156 valence electrons. The van der Waals surface area contributed by atoms with Crippen molar-refractivity contribution in [2.24, 2.45) is 4.99 Å². The molecule has 9 heteroatoms. The summed E-state index contributed by atoms with van der Waals surface area (Å²) in [6.07, 6.45) is 3.12. The standard InChI is InChI=1S/C20H26N6OS.HI/c1-15-18(28-14-25-15)19(27)22-10-11-24-20(21-2)23-9-5-12-26-13-8-16-6-3-4-7-17(16)26;/h3-4,6-8,13-14H,5,9-12H2,1-2H3,(H,22,27)(H2,21,23,24);1H. The molecule has 0 fully saturated rings. The summed E-state index contributed by atoms with van der Waals surface area (Å²) >= 11 is 1.36. The van der Waals surface area contributed by atoms with Gasteiger partial charge < -0.3 is 20.5 Å². The second kappa shape index (κ2) is 11.8. The first-order chi connectivity index (χ1) is 13.7. The van der Waals surface area contributed by atoms with E-state index < -0.39 is 0 Å². The number of aliphatic imine (C=N–C) groups is 1. The third-order valence-corrected chi connectivity index (χ3v) is 5.35. The molecule has 2 aromatic heterocycles. The van der Waals surface area contributed by atoms with Crippen LogP contribution in [0.4, 0.5) is 0 Å². The Morgan fingerprint density at radius 1 is 1.14 bits per heavy atom. The minimum Gasteiger partial charge on any atom is -0.356 e. The van der Waals surface area contributed by atoms with Gasteiger partial charge in [-0.3, -0.25) is 9.79 Å². The molecule has 29 heavy (non-hydrogen) atoms. The number of thiazole rings is 1. The topological polar surface area (TPSA) is 83.3 Å².